The average Bonchev–Trinajstić information content (AvgIpc) is 2.81. The number of carbonyl (C=O) groups is 2. The standard InChI is InChI=1S/C24H28F2N2O4/c1-3-5-6-16-7-8-21(27-13-16)24(30)28-9-10-31-18(14-28)15-32-23-19(25)11-17(12-20(23)26)22(29)4-2/h7-8,11-13,18H,3-6,9-10,14-15H2,1-2H3. The number of rotatable bonds is 9. The van der Waals surface area contributed by atoms with E-state index in [-0.39, 0.29) is 43.4 Å². The highest BCUT2D eigenvalue weighted by atomic mass is 19.1. The van der Waals surface area contributed by atoms with Crippen LogP contribution in [0.3, 0.4) is 0 Å². The Morgan fingerprint density at radius 1 is 1.22 bits per heavy atom. The number of morpholine rings is 1. The molecule has 1 atom stereocenters. The van der Waals surface area contributed by atoms with E-state index in [1.54, 1.807) is 24.1 Å². The van der Waals surface area contributed by atoms with Crippen molar-refractivity contribution in [3.05, 3.63) is 58.9 Å². The zero-order chi connectivity index (χ0) is 23.1. The van der Waals surface area contributed by atoms with Gasteiger partial charge in [0.2, 0.25) is 0 Å². The lowest BCUT2D eigenvalue weighted by Crippen LogP contribution is -2.47. The first-order valence-electron chi connectivity index (χ1n) is 10.9. The van der Waals surface area contributed by atoms with E-state index in [2.05, 4.69) is 11.9 Å². The van der Waals surface area contributed by atoms with E-state index in [0.29, 0.717) is 12.2 Å². The second kappa shape index (κ2) is 11.1. The van der Waals surface area contributed by atoms with Crippen LogP contribution >= 0.6 is 0 Å². The Hall–Kier alpha value is -2.87. The summed E-state index contributed by atoms with van der Waals surface area (Å²) in [6, 6.07) is 5.57. The molecule has 8 heteroatoms. The monoisotopic (exact) mass is 446 g/mol. The highest BCUT2D eigenvalue weighted by Crippen LogP contribution is 2.25. The van der Waals surface area contributed by atoms with Crippen molar-refractivity contribution in [1.82, 2.24) is 9.88 Å². The minimum Gasteiger partial charge on any atom is -0.485 e. The summed E-state index contributed by atoms with van der Waals surface area (Å²) in [5.74, 6) is -3.03. The molecule has 2 aromatic rings. The van der Waals surface area contributed by atoms with E-state index in [1.807, 2.05) is 6.07 Å². The van der Waals surface area contributed by atoms with Crippen molar-refractivity contribution in [3.63, 3.8) is 0 Å². The van der Waals surface area contributed by atoms with Crippen molar-refractivity contribution in [2.75, 3.05) is 26.3 Å². The Bertz CT molecular complexity index is 927. The molecule has 1 aromatic carbocycles. The molecule has 3 rings (SSSR count). The lowest BCUT2D eigenvalue weighted by Gasteiger charge is -2.32. The minimum atomic E-state index is -0.946. The van der Waals surface area contributed by atoms with Gasteiger partial charge in [-0.25, -0.2) is 8.78 Å². The smallest absolute Gasteiger partial charge is 0.272 e. The summed E-state index contributed by atoms with van der Waals surface area (Å²) in [5, 5.41) is 0. The number of aromatic nitrogens is 1. The summed E-state index contributed by atoms with van der Waals surface area (Å²) in [5.41, 5.74) is 1.40. The van der Waals surface area contributed by atoms with Crippen LogP contribution in [0.2, 0.25) is 0 Å². The molecule has 1 amide bonds. The normalized spacial score (nSPS) is 16.1. The number of ether oxygens (including phenoxy) is 2. The van der Waals surface area contributed by atoms with Gasteiger partial charge in [0.15, 0.2) is 23.2 Å². The Kier molecular flexibility index (Phi) is 8.27. The topological polar surface area (TPSA) is 68.7 Å². The molecule has 6 nitrogen and oxygen atoms in total. The van der Waals surface area contributed by atoms with Crippen LogP contribution in [0.15, 0.2) is 30.5 Å². The lowest BCUT2D eigenvalue weighted by atomic mass is 10.1. The van der Waals surface area contributed by atoms with Gasteiger partial charge in [0, 0.05) is 24.7 Å². The molecule has 0 radical (unpaired) electrons. The SMILES string of the molecule is CCCCc1ccc(C(=O)N2CCOC(COc3c(F)cc(C(=O)CC)cc3F)C2)nc1. The molecule has 1 fully saturated rings. The zero-order valence-corrected chi connectivity index (χ0v) is 18.4. The van der Waals surface area contributed by atoms with Gasteiger partial charge >= 0.3 is 0 Å². The summed E-state index contributed by atoms with van der Waals surface area (Å²) in [6.45, 7) is 4.49. The number of benzene rings is 1. The Labute approximate surface area is 186 Å². The van der Waals surface area contributed by atoms with E-state index in [9.17, 15) is 18.4 Å². The van der Waals surface area contributed by atoms with Gasteiger partial charge in [-0.3, -0.25) is 14.6 Å². The van der Waals surface area contributed by atoms with Crippen LogP contribution in [0, 0.1) is 11.6 Å². The lowest BCUT2D eigenvalue weighted by molar-refractivity contribution is -0.0412. The number of pyridine rings is 1. The van der Waals surface area contributed by atoms with Crippen LogP contribution in [-0.4, -0.2) is 54.0 Å². The summed E-state index contributed by atoms with van der Waals surface area (Å²) < 4.78 is 39.5. The molecule has 1 aromatic heterocycles. The summed E-state index contributed by atoms with van der Waals surface area (Å²) in [4.78, 5) is 30.4. The molecular formula is C24H28F2N2O4. The van der Waals surface area contributed by atoms with E-state index in [4.69, 9.17) is 9.47 Å². The first-order valence-corrected chi connectivity index (χ1v) is 10.9. The van der Waals surface area contributed by atoms with Crippen LogP contribution < -0.4 is 4.74 Å². The fraction of sp³-hybridized carbons (Fsp3) is 0.458. The number of unbranched alkanes of at least 4 members (excludes halogenated alkanes) is 1. The first kappa shape index (κ1) is 23.8. The number of ketones is 1. The Morgan fingerprint density at radius 2 is 1.97 bits per heavy atom. The molecule has 0 bridgehead atoms. The predicted molar refractivity (Wildman–Crippen MR) is 115 cm³/mol. The molecule has 1 aliphatic rings. The molecular weight excluding hydrogens is 418 g/mol. The third-order valence-corrected chi connectivity index (χ3v) is 5.34. The minimum absolute atomic E-state index is 0.0336. The van der Waals surface area contributed by atoms with Crippen LogP contribution in [0.5, 0.6) is 5.75 Å². The first-order chi connectivity index (χ1) is 15.4. The molecule has 172 valence electrons. The number of carbonyl (C=O) groups excluding carboxylic acids is 2. The number of halogens is 2. The van der Waals surface area contributed by atoms with E-state index < -0.39 is 23.5 Å². The third-order valence-electron chi connectivity index (χ3n) is 5.34. The molecule has 0 N–H and O–H groups in total. The maximum Gasteiger partial charge on any atom is 0.272 e. The number of amides is 1. The van der Waals surface area contributed by atoms with Gasteiger partial charge in [-0.2, -0.15) is 0 Å². The highest BCUT2D eigenvalue weighted by Gasteiger charge is 2.27. The quantitative estimate of drug-likeness (QED) is 0.540. The van der Waals surface area contributed by atoms with Crippen molar-refractivity contribution in [3.8, 4) is 5.75 Å². The van der Waals surface area contributed by atoms with Crippen molar-refractivity contribution in [2.45, 2.75) is 45.6 Å². The number of aryl methyl sites for hydroxylation is 1. The molecule has 0 spiro atoms. The maximum absolute atomic E-state index is 14.3. The van der Waals surface area contributed by atoms with Crippen LogP contribution in [-0.2, 0) is 11.2 Å². The number of hydrogen-bond donors (Lipinski definition) is 0. The molecule has 1 saturated heterocycles. The number of Topliss-reactive ketones (excluding diaryl/α,β-unsaturated/α-hetero) is 1. The average molecular weight is 446 g/mol. The van der Waals surface area contributed by atoms with Crippen molar-refractivity contribution < 1.29 is 27.8 Å². The van der Waals surface area contributed by atoms with Gasteiger partial charge in [-0.1, -0.05) is 26.3 Å². The third kappa shape index (κ3) is 5.88. The van der Waals surface area contributed by atoms with Gasteiger partial charge < -0.3 is 14.4 Å². The van der Waals surface area contributed by atoms with E-state index in [0.717, 1.165) is 37.0 Å². The molecule has 2 heterocycles. The number of nitrogens with zero attached hydrogens (tertiary/aromatic N) is 2. The van der Waals surface area contributed by atoms with Crippen LogP contribution in [0.25, 0.3) is 0 Å². The van der Waals surface area contributed by atoms with Crippen LogP contribution in [0.1, 0.15) is 59.5 Å². The fourth-order valence-corrected chi connectivity index (χ4v) is 3.49. The second-order valence-electron chi connectivity index (χ2n) is 7.76. The van der Waals surface area contributed by atoms with Crippen molar-refractivity contribution in [2.24, 2.45) is 0 Å². The number of hydrogen-bond acceptors (Lipinski definition) is 5. The Morgan fingerprint density at radius 3 is 2.59 bits per heavy atom. The Balaban J connectivity index is 1.59. The van der Waals surface area contributed by atoms with Gasteiger partial charge in [0.25, 0.3) is 5.91 Å². The van der Waals surface area contributed by atoms with E-state index in [1.165, 1.54) is 0 Å². The van der Waals surface area contributed by atoms with Crippen LogP contribution in [0.4, 0.5) is 8.78 Å². The zero-order valence-electron chi connectivity index (χ0n) is 18.4. The van der Waals surface area contributed by atoms with Gasteiger partial charge in [-0.05, 0) is 36.6 Å². The second-order valence-corrected chi connectivity index (χ2v) is 7.76. The summed E-state index contributed by atoms with van der Waals surface area (Å²) >= 11 is 0. The molecule has 0 saturated carbocycles. The molecule has 0 aliphatic carbocycles. The largest absolute Gasteiger partial charge is 0.485 e. The molecule has 32 heavy (non-hydrogen) atoms. The highest BCUT2D eigenvalue weighted by molar-refractivity contribution is 5.96. The van der Waals surface area contributed by atoms with Gasteiger partial charge in [0.1, 0.15) is 18.4 Å². The van der Waals surface area contributed by atoms with Gasteiger partial charge in [0.05, 0.1) is 13.2 Å². The summed E-state index contributed by atoms with van der Waals surface area (Å²) in [6.07, 6.45) is 4.41. The molecule has 1 unspecified atom stereocenters. The van der Waals surface area contributed by atoms with Crippen molar-refractivity contribution >= 4 is 11.7 Å². The maximum atomic E-state index is 14.3. The van der Waals surface area contributed by atoms with E-state index >= 15 is 0 Å². The van der Waals surface area contributed by atoms with Gasteiger partial charge in [-0.15, -0.1) is 0 Å². The van der Waals surface area contributed by atoms with Crippen molar-refractivity contribution in [1.29, 1.82) is 0 Å². The fourth-order valence-electron chi connectivity index (χ4n) is 3.49. The summed E-state index contributed by atoms with van der Waals surface area (Å²) in [7, 11) is 0. The molecule has 1 aliphatic heterocycles. The predicted octanol–water partition coefficient (Wildman–Crippen LogP) is 4.22.